The molecule has 0 aliphatic rings. The molecule has 0 atom stereocenters. The van der Waals surface area contributed by atoms with Crippen molar-refractivity contribution < 1.29 is 19.1 Å². The Hall–Kier alpha value is -2.00. The van der Waals surface area contributed by atoms with E-state index in [0.717, 1.165) is 3.57 Å². The lowest BCUT2D eigenvalue weighted by Crippen LogP contribution is -2.41. The van der Waals surface area contributed by atoms with Gasteiger partial charge in [0.25, 0.3) is 11.8 Å². The Bertz CT molecular complexity index is 827. The minimum absolute atomic E-state index is 0.0250. The van der Waals surface area contributed by atoms with Crippen LogP contribution in [0.15, 0.2) is 36.4 Å². The summed E-state index contributed by atoms with van der Waals surface area (Å²) in [6.07, 6.45) is -0.0250. The van der Waals surface area contributed by atoms with Crippen molar-refractivity contribution in [2.24, 2.45) is 0 Å². The van der Waals surface area contributed by atoms with Crippen LogP contribution < -0.4 is 20.3 Å². The van der Waals surface area contributed by atoms with E-state index in [-0.39, 0.29) is 6.10 Å². The number of amides is 2. The van der Waals surface area contributed by atoms with Crippen LogP contribution in [-0.2, 0) is 0 Å². The molecule has 6 nitrogen and oxygen atoms in total. The Balaban J connectivity index is 2.07. The number of carbonyl (C=O) groups excluding carboxylic acids is 2. The number of rotatable bonds is 5. The molecule has 2 amide bonds. The molecule has 0 fully saturated rings. The molecule has 26 heavy (non-hydrogen) atoms. The molecule has 0 unspecified atom stereocenters. The average Bonchev–Trinajstić information content (AvgIpc) is 2.61. The summed E-state index contributed by atoms with van der Waals surface area (Å²) in [7, 11) is 1.49. The summed E-state index contributed by atoms with van der Waals surface area (Å²) < 4.78 is 11.6. The molecule has 2 rings (SSSR count). The van der Waals surface area contributed by atoms with Crippen molar-refractivity contribution in [3.05, 3.63) is 56.1 Å². The molecule has 0 saturated heterocycles. The van der Waals surface area contributed by atoms with Crippen molar-refractivity contribution in [3.63, 3.8) is 0 Å². The number of ether oxygens (including phenoxy) is 2. The average molecular weight is 489 g/mol. The highest BCUT2D eigenvalue weighted by molar-refractivity contribution is 14.1. The van der Waals surface area contributed by atoms with Crippen molar-refractivity contribution in [2.75, 3.05) is 7.11 Å². The van der Waals surface area contributed by atoms with Gasteiger partial charge in [0.05, 0.1) is 18.8 Å². The largest absolute Gasteiger partial charge is 0.493 e. The zero-order chi connectivity index (χ0) is 19.3. The number of carbonyl (C=O) groups is 2. The Morgan fingerprint density at radius 1 is 1.04 bits per heavy atom. The summed E-state index contributed by atoms with van der Waals surface area (Å²) in [6, 6.07) is 9.72. The minimum atomic E-state index is -0.482. The van der Waals surface area contributed by atoms with Crippen LogP contribution >= 0.6 is 34.2 Å². The van der Waals surface area contributed by atoms with Crippen LogP contribution in [0.25, 0.3) is 0 Å². The van der Waals surface area contributed by atoms with Gasteiger partial charge in [-0.1, -0.05) is 11.6 Å². The van der Waals surface area contributed by atoms with Gasteiger partial charge < -0.3 is 9.47 Å². The molecule has 0 saturated carbocycles. The molecule has 8 heteroatoms. The van der Waals surface area contributed by atoms with Gasteiger partial charge in [-0.25, -0.2) is 0 Å². The van der Waals surface area contributed by atoms with Crippen molar-refractivity contribution in [1.29, 1.82) is 0 Å². The molecule has 0 spiro atoms. The molecule has 0 aromatic heterocycles. The first-order valence-electron chi connectivity index (χ1n) is 7.72. The third kappa shape index (κ3) is 5.25. The SMILES string of the molecule is COc1cc(C(=O)NNC(=O)c2cc(Cl)ccc2I)ccc1OC(C)C. The second-order valence-corrected chi connectivity index (χ2v) is 7.16. The van der Waals surface area contributed by atoms with E-state index in [4.69, 9.17) is 21.1 Å². The lowest BCUT2D eigenvalue weighted by molar-refractivity contribution is 0.0846. The maximum atomic E-state index is 12.3. The summed E-state index contributed by atoms with van der Waals surface area (Å²) in [5.74, 6) is 0.0281. The quantitative estimate of drug-likeness (QED) is 0.496. The molecule has 0 heterocycles. The number of methoxy groups -OCH3 is 1. The highest BCUT2D eigenvalue weighted by Gasteiger charge is 2.15. The third-order valence-electron chi connectivity index (χ3n) is 3.25. The fraction of sp³-hybridized carbons (Fsp3) is 0.222. The van der Waals surface area contributed by atoms with Crippen LogP contribution in [0.4, 0.5) is 0 Å². The zero-order valence-corrected chi connectivity index (χ0v) is 17.3. The van der Waals surface area contributed by atoms with Gasteiger partial charge in [0, 0.05) is 14.2 Å². The van der Waals surface area contributed by atoms with Gasteiger partial charge in [-0.3, -0.25) is 20.4 Å². The first kappa shape index (κ1) is 20.3. The number of benzene rings is 2. The lowest BCUT2D eigenvalue weighted by atomic mass is 10.2. The van der Waals surface area contributed by atoms with Crippen LogP contribution in [0, 0.1) is 3.57 Å². The van der Waals surface area contributed by atoms with E-state index in [1.165, 1.54) is 13.2 Å². The fourth-order valence-corrected chi connectivity index (χ4v) is 2.84. The molecule has 2 aromatic rings. The summed E-state index contributed by atoms with van der Waals surface area (Å²) in [6.45, 7) is 3.79. The second kappa shape index (κ2) is 9.09. The first-order chi connectivity index (χ1) is 12.3. The Morgan fingerprint density at radius 3 is 2.38 bits per heavy atom. The maximum absolute atomic E-state index is 12.3. The molecule has 2 aromatic carbocycles. The predicted octanol–water partition coefficient (Wildman–Crippen LogP) is 3.82. The van der Waals surface area contributed by atoms with Gasteiger partial charge in [-0.05, 0) is 72.8 Å². The molecule has 0 bridgehead atoms. The Labute approximate surface area is 170 Å². The molecular weight excluding hydrogens is 471 g/mol. The normalized spacial score (nSPS) is 10.4. The van der Waals surface area contributed by atoms with E-state index in [0.29, 0.717) is 27.6 Å². The second-order valence-electron chi connectivity index (χ2n) is 5.56. The van der Waals surface area contributed by atoms with Crippen molar-refractivity contribution in [2.45, 2.75) is 20.0 Å². The summed E-state index contributed by atoms with van der Waals surface area (Å²) in [4.78, 5) is 24.5. The lowest BCUT2D eigenvalue weighted by Gasteiger charge is -2.14. The number of nitrogens with one attached hydrogen (secondary N) is 2. The number of hydrogen-bond donors (Lipinski definition) is 2. The number of halogens is 2. The van der Waals surface area contributed by atoms with E-state index in [2.05, 4.69) is 10.9 Å². The fourth-order valence-electron chi connectivity index (χ4n) is 2.08. The monoisotopic (exact) mass is 488 g/mol. The molecule has 2 N–H and O–H groups in total. The Morgan fingerprint density at radius 2 is 1.73 bits per heavy atom. The molecule has 0 radical (unpaired) electrons. The van der Waals surface area contributed by atoms with E-state index >= 15 is 0 Å². The van der Waals surface area contributed by atoms with Gasteiger partial charge in [0.15, 0.2) is 11.5 Å². The third-order valence-corrected chi connectivity index (χ3v) is 4.43. The van der Waals surface area contributed by atoms with Crippen molar-refractivity contribution in [1.82, 2.24) is 10.9 Å². The van der Waals surface area contributed by atoms with Gasteiger partial charge in [-0.2, -0.15) is 0 Å². The molecular formula is C18H18ClIN2O4. The number of hydrogen-bond acceptors (Lipinski definition) is 4. The summed E-state index contributed by atoms with van der Waals surface area (Å²) in [5, 5.41) is 0.437. The van der Waals surface area contributed by atoms with E-state index in [1.807, 2.05) is 36.4 Å². The topological polar surface area (TPSA) is 76.7 Å². The standard InChI is InChI=1S/C18H18ClIN2O4/c1-10(2)26-15-7-4-11(8-16(15)25-3)17(23)21-22-18(24)13-9-12(19)5-6-14(13)20/h4-10H,1-3H3,(H,21,23)(H,22,24). The van der Waals surface area contributed by atoms with Crippen LogP contribution in [-0.4, -0.2) is 25.0 Å². The van der Waals surface area contributed by atoms with Gasteiger partial charge >= 0.3 is 0 Å². The summed E-state index contributed by atoms with van der Waals surface area (Å²) >= 11 is 7.93. The number of hydrazine groups is 1. The van der Waals surface area contributed by atoms with E-state index < -0.39 is 11.8 Å². The zero-order valence-electron chi connectivity index (χ0n) is 14.4. The van der Waals surface area contributed by atoms with Crippen molar-refractivity contribution in [3.8, 4) is 11.5 Å². The van der Waals surface area contributed by atoms with Crippen LogP contribution in [0.1, 0.15) is 34.6 Å². The van der Waals surface area contributed by atoms with E-state index in [9.17, 15) is 9.59 Å². The smallest absolute Gasteiger partial charge is 0.270 e. The Kier molecular flexibility index (Phi) is 7.10. The highest BCUT2D eigenvalue weighted by Crippen LogP contribution is 2.28. The predicted molar refractivity (Wildman–Crippen MR) is 108 cm³/mol. The molecule has 138 valence electrons. The van der Waals surface area contributed by atoms with Gasteiger partial charge in [0.2, 0.25) is 0 Å². The van der Waals surface area contributed by atoms with Crippen molar-refractivity contribution >= 4 is 46.0 Å². The molecule has 0 aliphatic heterocycles. The van der Waals surface area contributed by atoms with Crippen LogP contribution in [0.5, 0.6) is 11.5 Å². The summed E-state index contributed by atoms with van der Waals surface area (Å²) in [5.41, 5.74) is 5.44. The van der Waals surface area contributed by atoms with Crippen LogP contribution in [0.3, 0.4) is 0 Å². The van der Waals surface area contributed by atoms with Gasteiger partial charge in [0.1, 0.15) is 0 Å². The first-order valence-corrected chi connectivity index (χ1v) is 9.18. The molecule has 0 aliphatic carbocycles. The van der Waals surface area contributed by atoms with E-state index in [1.54, 1.807) is 30.3 Å². The van der Waals surface area contributed by atoms with Crippen LogP contribution in [0.2, 0.25) is 5.02 Å². The maximum Gasteiger partial charge on any atom is 0.270 e. The van der Waals surface area contributed by atoms with Gasteiger partial charge in [-0.15, -0.1) is 0 Å². The minimum Gasteiger partial charge on any atom is -0.493 e. The highest BCUT2D eigenvalue weighted by atomic mass is 127.